The van der Waals surface area contributed by atoms with Crippen LogP contribution in [0.4, 0.5) is 0 Å². The Morgan fingerprint density at radius 1 is 0.400 bits per heavy atom. The maximum absolute atomic E-state index is 2.48. The highest BCUT2D eigenvalue weighted by Gasteiger charge is 2.38. The minimum Gasteiger partial charge on any atom is -0.0761 e. The summed E-state index contributed by atoms with van der Waals surface area (Å²) in [6, 6.07) is 37.9. The number of benzene rings is 4. The number of rotatable bonds is 3. The van der Waals surface area contributed by atoms with E-state index in [4.69, 9.17) is 0 Å². The van der Waals surface area contributed by atoms with Gasteiger partial charge in [0, 0.05) is 23.7 Å². The van der Waals surface area contributed by atoms with Gasteiger partial charge in [-0.3, -0.25) is 0 Å². The molecule has 0 radical (unpaired) electrons. The lowest BCUT2D eigenvalue weighted by molar-refractivity contribution is 0.632. The van der Waals surface area contributed by atoms with E-state index in [2.05, 4.69) is 158 Å². The summed E-state index contributed by atoms with van der Waals surface area (Å²) in [5.41, 5.74) is 11.0. The van der Waals surface area contributed by atoms with Gasteiger partial charge in [0.1, 0.15) is 0 Å². The largest absolute Gasteiger partial charge is 0.0761 e. The van der Waals surface area contributed by atoms with Crippen LogP contribution in [0.3, 0.4) is 0 Å². The molecule has 4 atom stereocenters. The van der Waals surface area contributed by atoms with Gasteiger partial charge in [0.05, 0.1) is 0 Å². The van der Waals surface area contributed by atoms with Crippen molar-refractivity contribution in [1.82, 2.24) is 0 Å². The van der Waals surface area contributed by atoms with Crippen molar-refractivity contribution in [1.29, 1.82) is 0 Å². The molecule has 0 nitrogen and oxygen atoms in total. The van der Waals surface area contributed by atoms with Crippen LogP contribution in [-0.4, -0.2) is 0 Å². The normalized spacial score (nSPS) is 23.6. The molecule has 4 unspecified atom stereocenters. The van der Waals surface area contributed by atoms with Crippen molar-refractivity contribution in [3.8, 4) is 11.1 Å². The summed E-state index contributed by atoms with van der Waals surface area (Å²) in [4.78, 5) is 0. The van der Waals surface area contributed by atoms with Crippen molar-refractivity contribution in [2.75, 3.05) is 0 Å². The van der Waals surface area contributed by atoms with Crippen LogP contribution in [0.25, 0.3) is 28.3 Å². The van der Waals surface area contributed by atoms with Gasteiger partial charge in [-0.05, 0) is 61.0 Å². The van der Waals surface area contributed by atoms with E-state index in [-0.39, 0.29) is 11.8 Å². The van der Waals surface area contributed by atoms with Crippen LogP contribution in [0.1, 0.15) is 22.6 Å². The lowest BCUT2D eigenvalue weighted by atomic mass is 9.64. The Labute approximate surface area is 236 Å². The Morgan fingerprint density at radius 2 is 0.975 bits per heavy atom. The molecule has 4 aliphatic carbocycles. The van der Waals surface area contributed by atoms with Gasteiger partial charge in [-0.1, -0.05) is 152 Å². The summed E-state index contributed by atoms with van der Waals surface area (Å²) >= 11 is 0. The van der Waals surface area contributed by atoms with Crippen LogP contribution in [0.15, 0.2) is 157 Å². The van der Waals surface area contributed by atoms with Crippen LogP contribution in [0, 0.1) is 17.8 Å². The molecule has 40 heavy (non-hydrogen) atoms. The molecule has 0 saturated carbocycles. The van der Waals surface area contributed by atoms with Crippen LogP contribution in [-0.2, 0) is 0 Å². The van der Waals surface area contributed by atoms with Crippen molar-refractivity contribution in [3.05, 3.63) is 184 Å². The summed E-state index contributed by atoms with van der Waals surface area (Å²) in [6.45, 7) is 0. The van der Waals surface area contributed by atoms with E-state index >= 15 is 0 Å². The molecule has 4 aromatic rings. The van der Waals surface area contributed by atoms with Gasteiger partial charge in [0.25, 0.3) is 0 Å². The SMILES string of the molecule is C1=CC2C(C3=Cc4ccccc4C4C=CC=CC34)=c3ccccc3=C(c3cccc(-c4ccccc4)c3)C2C=C1. The zero-order chi connectivity index (χ0) is 26.5. The van der Waals surface area contributed by atoms with Gasteiger partial charge in [0.2, 0.25) is 0 Å². The first kappa shape index (κ1) is 23.2. The molecule has 0 spiro atoms. The maximum atomic E-state index is 2.48. The smallest absolute Gasteiger partial charge is 0.0137 e. The molecule has 0 N–H and O–H groups in total. The van der Waals surface area contributed by atoms with E-state index in [1.165, 1.54) is 55.0 Å². The summed E-state index contributed by atoms with van der Waals surface area (Å²) in [6.07, 6.45) is 21.1. The molecule has 0 bridgehead atoms. The van der Waals surface area contributed by atoms with Crippen molar-refractivity contribution in [2.24, 2.45) is 17.8 Å². The fourth-order valence-corrected chi connectivity index (χ4v) is 7.33. The summed E-state index contributed by atoms with van der Waals surface area (Å²) in [5.74, 6) is 1.27. The van der Waals surface area contributed by atoms with Crippen LogP contribution in [0.5, 0.6) is 0 Å². The predicted octanol–water partition coefficient (Wildman–Crippen LogP) is 8.00. The number of hydrogen-bond donors (Lipinski definition) is 0. The molecule has 4 aliphatic rings. The molecule has 0 saturated heterocycles. The van der Waals surface area contributed by atoms with E-state index in [9.17, 15) is 0 Å². The molecule has 0 amide bonds. The summed E-state index contributed by atoms with van der Waals surface area (Å²) < 4.78 is 0. The Bertz CT molecular complexity index is 1910. The maximum Gasteiger partial charge on any atom is 0.0137 e. The summed E-state index contributed by atoms with van der Waals surface area (Å²) in [7, 11) is 0. The van der Waals surface area contributed by atoms with Crippen LogP contribution in [0.2, 0.25) is 0 Å². The van der Waals surface area contributed by atoms with E-state index < -0.39 is 0 Å². The first-order valence-electron chi connectivity index (χ1n) is 14.4. The fourth-order valence-electron chi connectivity index (χ4n) is 7.33. The lowest BCUT2D eigenvalue weighted by Crippen LogP contribution is -2.41. The Hall–Kier alpha value is -4.68. The second-order valence-corrected chi connectivity index (χ2v) is 11.2. The zero-order valence-corrected chi connectivity index (χ0v) is 22.3. The van der Waals surface area contributed by atoms with E-state index in [0.29, 0.717) is 11.8 Å². The predicted molar refractivity (Wildman–Crippen MR) is 168 cm³/mol. The monoisotopic (exact) mass is 510 g/mol. The molecular weight excluding hydrogens is 480 g/mol. The van der Waals surface area contributed by atoms with Crippen molar-refractivity contribution in [3.63, 3.8) is 0 Å². The average molecular weight is 511 g/mol. The van der Waals surface area contributed by atoms with E-state index in [0.717, 1.165) is 0 Å². The second-order valence-electron chi connectivity index (χ2n) is 11.2. The minimum absolute atomic E-state index is 0.278. The van der Waals surface area contributed by atoms with Gasteiger partial charge in [-0.2, -0.15) is 0 Å². The molecule has 4 aromatic carbocycles. The summed E-state index contributed by atoms with van der Waals surface area (Å²) in [5, 5.41) is 2.73. The molecule has 0 heterocycles. The number of fused-ring (bicyclic) bond motifs is 5. The Morgan fingerprint density at radius 3 is 1.77 bits per heavy atom. The fraction of sp³-hybridized carbons (Fsp3) is 0.100. The lowest BCUT2D eigenvalue weighted by Gasteiger charge is -2.39. The van der Waals surface area contributed by atoms with Crippen LogP contribution < -0.4 is 10.4 Å². The molecular formula is C40H30. The first-order chi connectivity index (χ1) is 19.9. The quantitative estimate of drug-likeness (QED) is 0.262. The molecule has 0 aromatic heterocycles. The molecule has 190 valence electrons. The highest BCUT2D eigenvalue weighted by molar-refractivity contribution is 5.87. The minimum atomic E-state index is 0.278. The first-order valence-corrected chi connectivity index (χ1v) is 14.4. The van der Waals surface area contributed by atoms with E-state index in [1.54, 1.807) is 0 Å². The van der Waals surface area contributed by atoms with E-state index in [1.807, 2.05) is 0 Å². The van der Waals surface area contributed by atoms with Crippen molar-refractivity contribution in [2.45, 2.75) is 5.92 Å². The third-order valence-electron chi connectivity index (χ3n) is 9.06. The second kappa shape index (κ2) is 9.50. The molecule has 0 heteroatoms. The molecule has 0 fully saturated rings. The third-order valence-corrected chi connectivity index (χ3v) is 9.06. The standard InChI is InChI=1S/C40H30/c1-2-13-27(14-3-1)28-16-12-17-30(25-28)39-34-21-8-10-23-36(34)40(37-24-11-9-22-35(37)39)38-26-29-15-4-5-18-31(29)32-19-6-7-20-33(32)38/h1-26,32-34,36H. The topological polar surface area (TPSA) is 0 Å². The van der Waals surface area contributed by atoms with Gasteiger partial charge < -0.3 is 0 Å². The highest BCUT2D eigenvalue weighted by atomic mass is 14.4. The Balaban J connectivity index is 1.42. The van der Waals surface area contributed by atoms with Crippen LogP contribution >= 0.6 is 0 Å². The van der Waals surface area contributed by atoms with Gasteiger partial charge in [-0.15, -0.1) is 0 Å². The molecule has 8 rings (SSSR count). The van der Waals surface area contributed by atoms with Gasteiger partial charge in [0.15, 0.2) is 0 Å². The third kappa shape index (κ3) is 3.67. The average Bonchev–Trinajstić information content (AvgIpc) is 3.04. The van der Waals surface area contributed by atoms with Crippen molar-refractivity contribution >= 4 is 17.2 Å². The van der Waals surface area contributed by atoms with Gasteiger partial charge in [-0.25, -0.2) is 0 Å². The Kier molecular flexibility index (Phi) is 5.52. The zero-order valence-electron chi connectivity index (χ0n) is 22.3. The highest BCUT2D eigenvalue weighted by Crippen LogP contribution is 2.49. The number of hydrogen-bond acceptors (Lipinski definition) is 0. The molecule has 0 aliphatic heterocycles. The van der Waals surface area contributed by atoms with Gasteiger partial charge >= 0.3 is 0 Å². The van der Waals surface area contributed by atoms with Crippen molar-refractivity contribution < 1.29 is 0 Å². The number of allylic oxidation sites excluding steroid dienone is 9.